The average molecular weight is 352 g/mol. The van der Waals surface area contributed by atoms with E-state index in [1.165, 1.54) is 0 Å². The van der Waals surface area contributed by atoms with Gasteiger partial charge in [-0.3, -0.25) is 9.68 Å². The van der Waals surface area contributed by atoms with Crippen LogP contribution in [-0.2, 0) is 19.1 Å². The Morgan fingerprint density at radius 2 is 1.21 bits per heavy atom. The van der Waals surface area contributed by atoms with Gasteiger partial charge in [-0.1, -0.05) is 39.5 Å². The highest BCUT2D eigenvalue weighted by molar-refractivity contribution is 5.60. The lowest BCUT2D eigenvalue weighted by molar-refractivity contribution is -0.782. The number of hydrogen-bond acceptors (Lipinski definition) is 9. The quantitative estimate of drug-likeness (QED) is 0.151. The Hall–Kier alpha value is -2.33. The van der Waals surface area contributed by atoms with Crippen LogP contribution in [0.1, 0.15) is 65.2 Å². The van der Waals surface area contributed by atoms with Crippen LogP contribution in [0.15, 0.2) is 0 Å². The lowest BCUT2D eigenvalue weighted by Crippen LogP contribution is -2.29. The summed E-state index contributed by atoms with van der Waals surface area (Å²) >= 11 is 0. The molecule has 2 unspecified atom stereocenters. The molecule has 0 spiro atoms. The van der Waals surface area contributed by atoms with E-state index in [0.29, 0.717) is 12.8 Å². The van der Waals surface area contributed by atoms with Crippen molar-refractivity contribution in [2.24, 2.45) is 0 Å². The topological polar surface area (TPSA) is 140 Å². The maximum Gasteiger partial charge on any atom is 0.512 e. The third-order valence-corrected chi connectivity index (χ3v) is 2.95. The van der Waals surface area contributed by atoms with Crippen molar-refractivity contribution in [1.82, 2.24) is 0 Å². The van der Waals surface area contributed by atoms with Crippen LogP contribution in [0.3, 0.4) is 0 Å². The van der Waals surface area contributed by atoms with Gasteiger partial charge in [-0.15, -0.1) is 20.2 Å². The Kier molecular flexibility index (Phi) is 11.9. The second-order valence-electron chi connectivity index (χ2n) is 4.99. The van der Waals surface area contributed by atoms with Crippen molar-refractivity contribution >= 4 is 6.16 Å². The zero-order valence-electron chi connectivity index (χ0n) is 13.9. The monoisotopic (exact) mass is 352 g/mol. The Balaban J connectivity index is 4.49. The summed E-state index contributed by atoms with van der Waals surface area (Å²) in [5.74, 6) is 0. The normalized spacial score (nSPS) is 12.8. The van der Waals surface area contributed by atoms with Crippen LogP contribution < -0.4 is 0 Å². The first-order chi connectivity index (χ1) is 11.4. The van der Waals surface area contributed by atoms with Crippen LogP contribution in [0.2, 0.25) is 0 Å². The van der Waals surface area contributed by atoms with Gasteiger partial charge in [0.25, 0.3) is 22.8 Å². The van der Waals surface area contributed by atoms with Crippen molar-refractivity contribution < 1.29 is 34.1 Å². The molecule has 0 aliphatic carbocycles. The minimum absolute atomic E-state index is 0.112. The van der Waals surface area contributed by atoms with E-state index in [4.69, 9.17) is 9.47 Å². The first-order valence-corrected chi connectivity index (χ1v) is 7.88. The molecule has 0 heterocycles. The molecular formula is C13H24N2O9. The number of nitrogens with zero attached hydrogens (tertiary/aromatic N) is 2. The van der Waals surface area contributed by atoms with Crippen molar-refractivity contribution in [1.29, 1.82) is 0 Å². The Morgan fingerprint density at radius 1 is 0.833 bits per heavy atom. The predicted molar refractivity (Wildman–Crippen MR) is 79.6 cm³/mol. The Morgan fingerprint density at radius 3 is 1.50 bits per heavy atom. The summed E-state index contributed by atoms with van der Waals surface area (Å²) in [7, 11) is 0. The molecule has 140 valence electrons. The first-order valence-electron chi connectivity index (χ1n) is 7.88. The lowest BCUT2D eigenvalue weighted by atomic mass is 10.2. The van der Waals surface area contributed by atoms with E-state index in [-0.39, 0.29) is 12.8 Å². The molecule has 0 N–H and O–H groups in total. The lowest BCUT2D eigenvalue weighted by Gasteiger charge is -2.18. The van der Waals surface area contributed by atoms with Gasteiger partial charge in [0.05, 0.1) is 0 Å². The molecule has 0 aliphatic rings. The minimum Gasteiger partial charge on any atom is -0.404 e. The Labute approximate surface area is 139 Å². The highest BCUT2D eigenvalue weighted by atomic mass is 17.0. The van der Waals surface area contributed by atoms with Crippen LogP contribution in [0, 0.1) is 20.2 Å². The summed E-state index contributed by atoms with van der Waals surface area (Å²) in [5.41, 5.74) is 0. The van der Waals surface area contributed by atoms with Crippen molar-refractivity contribution in [2.45, 2.75) is 77.8 Å². The van der Waals surface area contributed by atoms with Gasteiger partial charge < -0.3 is 9.47 Å². The van der Waals surface area contributed by atoms with E-state index in [1.54, 1.807) is 0 Å². The molecular weight excluding hydrogens is 328 g/mol. The number of carbonyl (C=O) groups excluding carboxylic acids is 1. The minimum atomic E-state index is -1.43. The van der Waals surface area contributed by atoms with Gasteiger partial charge in [-0.05, 0) is 12.8 Å². The van der Waals surface area contributed by atoms with Crippen LogP contribution in [0.4, 0.5) is 4.79 Å². The smallest absolute Gasteiger partial charge is 0.404 e. The highest BCUT2D eigenvalue weighted by Crippen LogP contribution is 2.13. The van der Waals surface area contributed by atoms with Crippen molar-refractivity contribution in [2.75, 3.05) is 0 Å². The van der Waals surface area contributed by atoms with Crippen LogP contribution in [0.25, 0.3) is 0 Å². The molecule has 0 saturated heterocycles. The van der Waals surface area contributed by atoms with Crippen molar-refractivity contribution in [3.63, 3.8) is 0 Å². The standard InChI is InChI=1S/C13H24N2O9/c1-3-5-7-9-11(23-14(17)18)21-13(16)22-12(24-15(19)20)10-8-6-4-2/h11-12H,3-10H2,1-2H3. The van der Waals surface area contributed by atoms with Gasteiger partial charge in [0.2, 0.25) is 0 Å². The largest absolute Gasteiger partial charge is 0.512 e. The van der Waals surface area contributed by atoms with E-state index in [2.05, 4.69) is 9.68 Å². The zero-order valence-corrected chi connectivity index (χ0v) is 13.9. The zero-order chi connectivity index (χ0) is 18.4. The van der Waals surface area contributed by atoms with Gasteiger partial charge in [-0.25, -0.2) is 4.79 Å². The SMILES string of the molecule is CCCCCC(OC(=O)OC(CCCCC)O[N+](=O)[O-])O[N+](=O)[O-]. The second kappa shape index (κ2) is 13.1. The molecule has 0 aliphatic heterocycles. The van der Waals surface area contributed by atoms with Crippen molar-refractivity contribution in [3.05, 3.63) is 20.2 Å². The van der Waals surface area contributed by atoms with E-state index in [9.17, 15) is 25.0 Å². The molecule has 0 saturated carbocycles. The molecule has 0 amide bonds. The molecule has 0 aromatic carbocycles. The fourth-order valence-electron chi connectivity index (χ4n) is 1.82. The van der Waals surface area contributed by atoms with Gasteiger partial charge >= 0.3 is 6.16 Å². The fraction of sp³-hybridized carbons (Fsp3) is 0.923. The molecule has 0 fully saturated rings. The molecule has 0 rings (SSSR count). The number of ether oxygens (including phenoxy) is 2. The summed E-state index contributed by atoms with van der Waals surface area (Å²) in [6.07, 6.45) is 0.443. The Bertz CT molecular complexity index is 358. The number of unbranched alkanes of at least 4 members (excludes halogenated alkanes) is 4. The summed E-state index contributed by atoms with van der Waals surface area (Å²) in [5, 5.41) is 18.7. The third kappa shape index (κ3) is 12.2. The summed E-state index contributed by atoms with van der Waals surface area (Å²) in [4.78, 5) is 41.0. The maximum atomic E-state index is 11.6. The molecule has 2 atom stereocenters. The maximum absolute atomic E-state index is 11.6. The van der Waals surface area contributed by atoms with Crippen molar-refractivity contribution in [3.8, 4) is 0 Å². The van der Waals surface area contributed by atoms with Gasteiger partial charge in [-0.2, -0.15) is 0 Å². The third-order valence-electron chi connectivity index (χ3n) is 2.95. The van der Waals surface area contributed by atoms with E-state index in [1.807, 2.05) is 13.8 Å². The molecule has 11 heteroatoms. The summed E-state index contributed by atoms with van der Waals surface area (Å²) < 4.78 is 9.40. The van der Waals surface area contributed by atoms with Crippen LogP contribution in [0.5, 0.6) is 0 Å². The van der Waals surface area contributed by atoms with Gasteiger partial charge in [0.1, 0.15) is 0 Å². The second-order valence-corrected chi connectivity index (χ2v) is 4.99. The molecule has 0 aromatic rings. The van der Waals surface area contributed by atoms with Crippen LogP contribution >= 0.6 is 0 Å². The van der Waals surface area contributed by atoms with E-state index < -0.39 is 28.9 Å². The summed E-state index contributed by atoms with van der Waals surface area (Å²) in [6, 6.07) is 0. The molecule has 24 heavy (non-hydrogen) atoms. The van der Waals surface area contributed by atoms with Gasteiger partial charge in [0.15, 0.2) is 0 Å². The molecule has 0 radical (unpaired) electrons. The number of hydrogen-bond donors (Lipinski definition) is 0. The van der Waals surface area contributed by atoms with Gasteiger partial charge in [0, 0.05) is 12.8 Å². The highest BCUT2D eigenvalue weighted by Gasteiger charge is 2.24. The molecule has 0 bridgehead atoms. The molecule has 11 nitrogen and oxygen atoms in total. The van der Waals surface area contributed by atoms with Crippen LogP contribution in [-0.4, -0.2) is 28.9 Å². The molecule has 0 aromatic heterocycles. The first kappa shape index (κ1) is 21.7. The number of carbonyl (C=O) groups is 1. The average Bonchev–Trinajstić information content (AvgIpc) is 2.46. The predicted octanol–water partition coefficient (Wildman–Crippen LogP) is 3.37. The van der Waals surface area contributed by atoms with E-state index >= 15 is 0 Å². The van der Waals surface area contributed by atoms with E-state index in [0.717, 1.165) is 25.7 Å². The number of rotatable bonds is 14. The summed E-state index contributed by atoms with van der Waals surface area (Å²) in [6.45, 7) is 3.88. The fourth-order valence-corrected chi connectivity index (χ4v) is 1.82.